The van der Waals surface area contributed by atoms with Crippen LogP contribution in [0, 0.1) is 17.1 Å². The Kier molecular flexibility index (Phi) is 3.78. The van der Waals surface area contributed by atoms with Gasteiger partial charge in [-0.05, 0) is 30.3 Å². The Morgan fingerprint density at radius 2 is 2.00 bits per heavy atom. The maximum Gasteiger partial charge on any atom is 0.344 e. The van der Waals surface area contributed by atoms with Crippen LogP contribution in [0.25, 0.3) is 11.0 Å². The van der Waals surface area contributed by atoms with Crippen molar-refractivity contribution < 1.29 is 13.5 Å². The second kappa shape index (κ2) is 6.00. The molecule has 2 aromatic carbocycles. The van der Waals surface area contributed by atoms with Crippen molar-refractivity contribution in [3.8, 4) is 11.8 Å². The molecule has 1 aliphatic rings. The van der Waals surface area contributed by atoms with E-state index < -0.39 is 17.4 Å². The summed E-state index contributed by atoms with van der Waals surface area (Å²) in [4.78, 5) is 12.7. The van der Waals surface area contributed by atoms with Crippen LogP contribution in [0.2, 0.25) is 0 Å². The van der Waals surface area contributed by atoms with Gasteiger partial charge in [-0.25, -0.2) is 9.18 Å². The van der Waals surface area contributed by atoms with E-state index in [4.69, 9.17) is 14.9 Å². The van der Waals surface area contributed by atoms with Crippen molar-refractivity contribution in [2.24, 2.45) is 5.73 Å². The Bertz CT molecular complexity index is 1190. The smallest absolute Gasteiger partial charge is 0.344 e. The van der Waals surface area contributed by atoms with Crippen molar-refractivity contribution in [3.05, 3.63) is 85.8 Å². The van der Waals surface area contributed by atoms with Crippen molar-refractivity contribution >= 4 is 26.9 Å². The average Bonchev–Trinajstić information content (AvgIpc) is 2.63. The van der Waals surface area contributed by atoms with Crippen LogP contribution in [0.4, 0.5) is 4.39 Å². The number of fused-ring (bicyclic) bond motifs is 3. The highest BCUT2D eigenvalue weighted by Crippen LogP contribution is 2.44. The summed E-state index contributed by atoms with van der Waals surface area (Å²) < 4.78 is 26.1. The molecule has 0 spiro atoms. The first kappa shape index (κ1) is 16.4. The number of ether oxygens (including phenoxy) is 1. The fourth-order valence-electron chi connectivity index (χ4n) is 3.11. The zero-order valence-corrected chi connectivity index (χ0v) is 14.7. The molecule has 2 N–H and O–H groups in total. The van der Waals surface area contributed by atoms with Crippen molar-refractivity contribution in [2.75, 3.05) is 0 Å². The van der Waals surface area contributed by atoms with Crippen LogP contribution in [0.15, 0.2) is 67.6 Å². The predicted octanol–water partition coefficient (Wildman–Crippen LogP) is 3.91. The molecule has 5 nitrogen and oxygen atoms in total. The monoisotopic (exact) mass is 412 g/mol. The molecule has 0 aliphatic carbocycles. The van der Waals surface area contributed by atoms with Gasteiger partial charge in [0, 0.05) is 10.0 Å². The Morgan fingerprint density at radius 3 is 2.77 bits per heavy atom. The molecule has 0 saturated carbocycles. The summed E-state index contributed by atoms with van der Waals surface area (Å²) >= 11 is 3.29. The van der Waals surface area contributed by atoms with Gasteiger partial charge >= 0.3 is 5.63 Å². The molecule has 0 bridgehead atoms. The first-order valence-electron chi connectivity index (χ1n) is 7.59. The fourth-order valence-corrected chi connectivity index (χ4v) is 3.49. The summed E-state index contributed by atoms with van der Waals surface area (Å²) in [6, 6.07) is 13.0. The van der Waals surface area contributed by atoms with E-state index in [-0.39, 0.29) is 28.3 Å². The quantitative estimate of drug-likeness (QED) is 0.611. The summed E-state index contributed by atoms with van der Waals surface area (Å²) in [5, 5.41) is 10.1. The molecule has 0 unspecified atom stereocenters. The standard InChI is InChI=1S/C19H10BrFN2O3/c20-9-5-6-13(21)11(7-9)15-12(8-22)18(23)26-17-10-3-1-2-4-14(10)25-19(24)16(15)17/h1-7,15H,23H2/t15-/m1/s1. The molecule has 0 saturated heterocycles. The van der Waals surface area contributed by atoms with Crippen molar-refractivity contribution in [3.63, 3.8) is 0 Å². The zero-order valence-electron chi connectivity index (χ0n) is 13.1. The number of halogens is 2. The van der Waals surface area contributed by atoms with Gasteiger partial charge in [-0.1, -0.05) is 28.1 Å². The topological polar surface area (TPSA) is 89.3 Å². The van der Waals surface area contributed by atoms with E-state index >= 15 is 0 Å². The highest BCUT2D eigenvalue weighted by atomic mass is 79.9. The maximum atomic E-state index is 14.6. The largest absolute Gasteiger partial charge is 0.439 e. The minimum absolute atomic E-state index is 0.0444. The number of nitrogens with zero attached hydrogens (tertiary/aromatic N) is 1. The van der Waals surface area contributed by atoms with E-state index in [1.165, 1.54) is 18.2 Å². The van der Waals surface area contributed by atoms with Crippen molar-refractivity contribution in [1.29, 1.82) is 5.26 Å². The third-order valence-corrected chi connectivity index (χ3v) is 4.74. The van der Waals surface area contributed by atoms with E-state index in [1.54, 1.807) is 24.3 Å². The maximum absolute atomic E-state index is 14.6. The molecule has 7 heteroatoms. The molecule has 4 rings (SSSR count). The van der Waals surface area contributed by atoms with Crippen LogP contribution in [0.5, 0.6) is 5.75 Å². The van der Waals surface area contributed by atoms with E-state index in [1.807, 2.05) is 6.07 Å². The van der Waals surface area contributed by atoms with E-state index in [0.29, 0.717) is 15.4 Å². The van der Waals surface area contributed by atoms with Gasteiger partial charge in [0.05, 0.1) is 16.9 Å². The summed E-state index contributed by atoms with van der Waals surface area (Å²) in [6.07, 6.45) is 0. The van der Waals surface area contributed by atoms with Crippen LogP contribution in [-0.4, -0.2) is 0 Å². The molecule has 1 aliphatic heterocycles. The number of rotatable bonds is 1. The molecule has 0 amide bonds. The normalized spacial score (nSPS) is 16.1. The van der Waals surface area contributed by atoms with Crippen LogP contribution in [0.3, 0.4) is 0 Å². The van der Waals surface area contributed by atoms with Gasteiger partial charge in [0.25, 0.3) is 0 Å². The van der Waals surface area contributed by atoms with Crippen LogP contribution in [-0.2, 0) is 0 Å². The van der Waals surface area contributed by atoms with Crippen molar-refractivity contribution in [1.82, 2.24) is 0 Å². The molecule has 1 aromatic heterocycles. The van der Waals surface area contributed by atoms with Crippen LogP contribution in [0.1, 0.15) is 17.0 Å². The fraction of sp³-hybridized carbons (Fsp3) is 0.0526. The number of allylic oxidation sites excluding steroid dienone is 1. The average molecular weight is 413 g/mol. The lowest BCUT2D eigenvalue weighted by Crippen LogP contribution is -2.26. The number of hydrogen-bond acceptors (Lipinski definition) is 5. The molecule has 0 fully saturated rings. The highest BCUT2D eigenvalue weighted by molar-refractivity contribution is 9.10. The molecular formula is C19H10BrFN2O3. The molecule has 26 heavy (non-hydrogen) atoms. The van der Waals surface area contributed by atoms with Gasteiger partial charge in [-0.2, -0.15) is 5.26 Å². The summed E-state index contributed by atoms with van der Waals surface area (Å²) in [5.41, 5.74) is 5.68. The first-order chi connectivity index (χ1) is 12.5. The SMILES string of the molecule is N#CC1=C(N)Oc2c(c(=O)oc3ccccc23)[C@@H]1c1cc(Br)ccc1F. The van der Waals surface area contributed by atoms with Gasteiger partial charge < -0.3 is 14.9 Å². The van der Waals surface area contributed by atoms with Crippen molar-refractivity contribution in [2.45, 2.75) is 5.92 Å². The third-order valence-electron chi connectivity index (χ3n) is 4.24. The van der Waals surface area contributed by atoms with Crippen LogP contribution < -0.4 is 16.1 Å². The lowest BCUT2D eigenvalue weighted by atomic mass is 9.83. The molecule has 0 radical (unpaired) electrons. The summed E-state index contributed by atoms with van der Waals surface area (Å²) in [7, 11) is 0. The Hall–Kier alpha value is -3.11. The van der Waals surface area contributed by atoms with Gasteiger partial charge in [-0.15, -0.1) is 0 Å². The Morgan fingerprint density at radius 1 is 1.23 bits per heavy atom. The van der Waals surface area contributed by atoms with E-state index in [0.717, 1.165) is 0 Å². The molecule has 128 valence electrons. The second-order valence-electron chi connectivity index (χ2n) is 5.72. The number of nitriles is 1. The summed E-state index contributed by atoms with van der Waals surface area (Å²) in [5.74, 6) is -1.58. The lowest BCUT2D eigenvalue weighted by Gasteiger charge is -2.26. The first-order valence-corrected chi connectivity index (χ1v) is 8.39. The van der Waals surface area contributed by atoms with Crippen LogP contribution >= 0.6 is 15.9 Å². The number of para-hydroxylation sites is 1. The summed E-state index contributed by atoms with van der Waals surface area (Å²) in [6.45, 7) is 0. The lowest BCUT2D eigenvalue weighted by molar-refractivity contribution is 0.387. The molecular weight excluding hydrogens is 403 g/mol. The molecule has 3 aromatic rings. The predicted molar refractivity (Wildman–Crippen MR) is 95.9 cm³/mol. The van der Waals surface area contributed by atoms with E-state index in [9.17, 15) is 14.4 Å². The molecule has 1 atom stereocenters. The van der Waals surface area contributed by atoms with Gasteiger partial charge in [0.15, 0.2) is 5.75 Å². The third kappa shape index (κ3) is 2.38. The Balaban J connectivity index is 2.12. The molecule has 2 heterocycles. The Labute approximate surface area is 155 Å². The number of benzene rings is 2. The number of nitrogens with two attached hydrogens (primary N) is 1. The highest BCUT2D eigenvalue weighted by Gasteiger charge is 2.36. The van der Waals surface area contributed by atoms with E-state index in [2.05, 4.69) is 15.9 Å². The zero-order chi connectivity index (χ0) is 18.4. The van der Waals surface area contributed by atoms with Gasteiger partial charge in [-0.3, -0.25) is 0 Å². The van der Waals surface area contributed by atoms with Gasteiger partial charge in [0.2, 0.25) is 5.88 Å². The number of hydrogen-bond donors (Lipinski definition) is 1. The minimum atomic E-state index is -1.03. The minimum Gasteiger partial charge on any atom is -0.439 e. The second-order valence-corrected chi connectivity index (χ2v) is 6.63. The van der Waals surface area contributed by atoms with Gasteiger partial charge in [0.1, 0.15) is 23.0 Å².